The largest absolute Gasteiger partial charge is 0.352 e. The molecule has 0 atom stereocenters. The SMILES string of the molecule is CNC(=O)c1nc2ccccn2n1. The number of carbonyl (C=O) groups is 1. The Labute approximate surface area is 74.4 Å². The monoisotopic (exact) mass is 176 g/mol. The maximum Gasteiger partial charge on any atom is 0.290 e. The van der Waals surface area contributed by atoms with E-state index in [2.05, 4.69) is 15.4 Å². The van der Waals surface area contributed by atoms with Crippen molar-refractivity contribution >= 4 is 11.6 Å². The summed E-state index contributed by atoms with van der Waals surface area (Å²) in [5.41, 5.74) is 0.668. The Morgan fingerprint density at radius 3 is 3.08 bits per heavy atom. The van der Waals surface area contributed by atoms with Crippen molar-refractivity contribution in [2.24, 2.45) is 0 Å². The smallest absolute Gasteiger partial charge is 0.290 e. The quantitative estimate of drug-likeness (QED) is 0.669. The fraction of sp³-hybridized carbons (Fsp3) is 0.125. The molecule has 1 N–H and O–H groups in total. The van der Waals surface area contributed by atoms with E-state index in [4.69, 9.17) is 0 Å². The predicted octanol–water partition coefficient (Wildman–Crippen LogP) is 0.0889. The van der Waals surface area contributed by atoms with Crippen LogP contribution in [0.25, 0.3) is 5.65 Å². The first-order valence-electron chi connectivity index (χ1n) is 3.85. The summed E-state index contributed by atoms with van der Waals surface area (Å²) in [7, 11) is 1.55. The average molecular weight is 176 g/mol. The second-order valence-electron chi connectivity index (χ2n) is 2.52. The molecule has 1 amide bonds. The van der Waals surface area contributed by atoms with Gasteiger partial charge in [0.15, 0.2) is 5.65 Å². The number of carbonyl (C=O) groups excluding carboxylic acids is 1. The van der Waals surface area contributed by atoms with Gasteiger partial charge in [-0.05, 0) is 12.1 Å². The summed E-state index contributed by atoms with van der Waals surface area (Å²) >= 11 is 0. The van der Waals surface area contributed by atoms with Crippen molar-refractivity contribution in [2.75, 3.05) is 7.05 Å². The van der Waals surface area contributed by atoms with Crippen molar-refractivity contribution in [3.8, 4) is 0 Å². The van der Waals surface area contributed by atoms with Crippen LogP contribution in [0.15, 0.2) is 24.4 Å². The fourth-order valence-electron chi connectivity index (χ4n) is 1.04. The van der Waals surface area contributed by atoms with Crippen LogP contribution < -0.4 is 5.32 Å². The minimum Gasteiger partial charge on any atom is -0.352 e. The molecule has 5 nitrogen and oxygen atoms in total. The van der Waals surface area contributed by atoms with Gasteiger partial charge in [0.1, 0.15) is 0 Å². The normalized spacial score (nSPS) is 10.2. The number of nitrogens with zero attached hydrogens (tertiary/aromatic N) is 3. The van der Waals surface area contributed by atoms with Crippen LogP contribution in [0.1, 0.15) is 10.6 Å². The lowest BCUT2D eigenvalue weighted by Gasteiger charge is -1.88. The van der Waals surface area contributed by atoms with Gasteiger partial charge in [-0.3, -0.25) is 4.79 Å². The molecule has 2 heterocycles. The molecule has 0 unspecified atom stereocenters. The van der Waals surface area contributed by atoms with Crippen LogP contribution in [0.5, 0.6) is 0 Å². The summed E-state index contributed by atoms with van der Waals surface area (Å²) in [5.74, 6) is -0.0857. The van der Waals surface area contributed by atoms with Gasteiger partial charge in [0, 0.05) is 13.2 Å². The van der Waals surface area contributed by atoms with Gasteiger partial charge < -0.3 is 5.32 Å². The van der Waals surface area contributed by atoms with E-state index in [9.17, 15) is 4.79 Å². The van der Waals surface area contributed by atoms with Crippen molar-refractivity contribution in [1.29, 1.82) is 0 Å². The van der Waals surface area contributed by atoms with E-state index < -0.39 is 0 Å². The summed E-state index contributed by atoms with van der Waals surface area (Å²) in [6, 6.07) is 5.46. The highest BCUT2D eigenvalue weighted by atomic mass is 16.2. The fourth-order valence-corrected chi connectivity index (χ4v) is 1.04. The number of amides is 1. The number of nitrogens with one attached hydrogen (secondary N) is 1. The Hall–Kier alpha value is -1.91. The Morgan fingerprint density at radius 1 is 1.54 bits per heavy atom. The number of pyridine rings is 1. The van der Waals surface area contributed by atoms with Gasteiger partial charge in [0.25, 0.3) is 5.91 Å². The highest BCUT2D eigenvalue weighted by molar-refractivity contribution is 5.90. The Bertz CT molecular complexity index is 415. The minimum absolute atomic E-state index is 0.189. The lowest BCUT2D eigenvalue weighted by Crippen LogP contribution is -2.19. The molecule has 0 aliphatic carbocycles. The lowest BCUT2D eigenvalue weighted by molar-refractivity contribution is 0.0953. The number of fused-ring (bicyclic) bond motifs is 1. The van der Waals surface area contributed by atoms with E-state index >= 15 is 0 Å². The summed E-state index contributed by atoms with van der Waals surface area (Å²) in [6.45, 7) is 0. The van der Waals surface area contributed by atoms with E-state index in [0.29, 0.717) is 5.65 Å². The van der Waals surface area contributed by atoms with Gasteiger partial charge in [-0.25, -0.2) is 9.50 Å². The molecule has 5 heteroatoms. The lowest BCUT2D eigenvalue weighted by atomic mass is 10.5. The highest BCUT2D eigenvalue weighted by Gasteiger charge is 2.09. The number of hydrogen-bond donors (Lipinski definition) is 1. The van der Waals surface area contributed by atoms with E-state index in [1.54, 1.807) is 23.8 Å². The van der Waals surface area contributed by atoms with E-state index in [1.807, 2.05) is 12.1 Å². The molecule has 0 aliphatic rings. The second-order valence-corrected chi connectivity index (χ2v) is 2.52. The summed E-state index contributed by atoms with van der Waals surface area (Å²) in [6.07, 6.45) is 1.74. The highest BCUT2D eigenvalue weighted by Crippen LogP contribution is 1.99. The van der Waals surface area contributed by atoms with Gasteiger partial charge in [-0.15, -0.1) is 5.10 Å². The summed E-state index contributed by atoms with van der Waals surface area (Å²) < 4.78 is 1.56. The molecule has 0 aromatic carbocycles. The van der Waals surface area contributed by atoms with Crippen molar-refractivity contribution in [1.82, 2.24) is 19.9 Å². The van der Waals surface area contributed by atoms with Crippen LogP contribution >= 0.6 is 0 Å². The van der Waals surface area contributed by atoms with Crippen LogP contribution in [0.2, 0.25) is 0 Å². The number of rotatable bonds is 1. The predicted molar refractivity (Wildman–Crippen MR) is 46.4 cm³/mol. The molecule has 0 saturated carbocycles. The standard InChI is InChI=1S/C8H8N4O/c1-9-8(13)7-10-6-4-2-3-5-12(6)11-7/h2-5H,1H3,(H,9,13). The van der Waals surface area contributed by atoms with Crippen LogP contribution in [-0.2, 0) is 0 Å². The average Bonchev–Trinajstić information content (AvgIpc) is 2.59. The first-order chi connectivity index (χ1) is 6.31. The molecular weight excluding hydrogens is 168 g/mol. The minimum atomic E-state index is -0.274. The van der Waals surface area contributed by atoms with Gasteiger partial charge >= 0.3 is 0 Å². The van der Waals surface area contributed by atoms with Crippen LogP contribution in [0.3, 0.4) is 0 Å². The van der Waals surface area contributed by atoms with E-state index in [1.165, 1.54) is 0 Å². The zero-order valence-corrected chi connectivity index (χ0v) is 7.06. The Kier molecular flexibility index (Phi) is 1.70. The van der Waals surface area contributed by atoms with Crippen molar-refractivity contribution in [3.05, 3.63) is 30.2 Å². The second kappa shape index (κ2) is 2.85. The van der Waals surface area contributed by atoms with Gasteiger partial charge in [-0.2, -0.15) is 0 Å². The molecule has 13 heavy (non-hydrogen) atoms. The van der Waals surface area contributed by atoms with Crippen LogP contribution in [-0.4, -0.2) is 27.6 Å². The molecule has 0 aliphatic heterocycles. The maximum absolute atomic E-state index is 11.1. The number of hydrogen-bond acceptors (Lipinski definition) is 3. The molecule has 0 bridgehead atoms. The molecule has 2 rings (SSSR count). The van der Waals surface area contributed by atoms with Crippen LogP contribution in [0.4, 0.5) is 0 Å². The van der Waals surface area contributed by atoms with Crippen molar-refractivity contribution in [2.45, 2.75) is 0 Å². The van der Waals surface area contributed by atoms with Crippen molar-refractivity contribution in [3.63, 3.8) is 0 Å². The van der Waals surface area contributed by atoms with Gasteiger partial charge in [0.05, 0.1) is 0 Å². The molecular formula is C8H8N4O. The molecule has 2 aromatic rings. The maximum atomic E-state index is 11.1. The third-order valence-corrected chi connectivity index (χ3v) is 1.67. The van der Waals surface area contributed by atoms with Gasteiger partial charge in [-0.1, -0.05) is 6.07 Å². The van der Waals surface area contributed by atoms with Crippen LogP contribution in [0, 0.1) is 0 Å². The zero-order valence-electron chi connectivity index (χ0n) is 7.06. The molecule has 2 aromatic heterocycles. The molecule has 0 spiro atoms. The topological polar surface area (TPSA) is 59.3 Å². The van der Waals surface area contributed by atoms with E-state index in [0.717, 1.165) is 0 Å². The molecule has 0 saturated heterocycles. The summed E-state index contributed by atoms with van der Waals surface area (Å²) in [4.78, 5) is 15.2. The summed E-state index contributed by atoms with van der Waals surface area (Å²) in [5, 5.41) is 6.44. The van der Waals surface area contributed by atoms with E-state index in [-0.39, 0.29) is 11.7 Å². The third-order valence-electron chi connectivity index (χ3n) is 1.67. The third kappa shape index (κ3) is 1.24. The molecule has 66 valence electrons. The Morgan fingerprint density at radius 2 is 2.38 bits per heavy atom. The molecule has 0 fully saturated rings. The van der Waals surface area contributed by atoms with Gasteiger partial charge in [0.2, 0.25) is 5.82 Å². The molecule has 0 radical (unpaired) electrons. The number of aromatic nitrogens is 3. The first kappa shape index (κ1) is 7.72. The van der Waals surface area contributed by atoms with Crippen molar-refractivity contribution < 1.29 is 4.79 Å². The zero-order chi connectivity index (χ0) is 9.26. The first-order valence-corrected chi connectivity index (χ1v) is 3.85. The Balaban J connectivity index is 2.56.